The molecule has 2 aliphatic rings. The predicted molar refractivity (Wildman–Crippen MR) is 88.3 cm³/mol. The summed E-state index contributed by atoms with van der Waals surface area (Å²) in [6.45, 7) is 5.90. The first kappa shape index (κ1) is 14.9. The third-order valence-corrected chi connectivity index (χ3v) is 6.07. The molecule has 0 aromatic heterocycles. The molecule has 2 N–H and O–H groups in total. The van der Waals surface area contributed by atoms with Gasteiger partial charge in [-0.15, -0.1) is 11.8 Å². The van der Waals surface area contributed by atoms with Crippen LogP contribution in [0.3, 0.4) is 0 Å². The molecule has 0 bridgehead atoms. The molecule has 2 heterocycles. The molecule has 0 spiro atoms. The van der Waals surface area contributed by atoms with Crippen molar-refractivity contribution in [3.8, 4) is 0 Å². The molecule has 21 heavy (non-hydrogen) atoms. The van der Waals surface area contributed by atoms with Gasteiger partial charge in [-0.05, 0) is 35.1 Å². The molecular formula is C17H24N2OS. The van der Waals surface area contributed by atoms with Gasteiger partial charge in [-0.3, -0.25) is 4.79 Å². The zero-order chi connectivity index (χ0) is 15.0. The molecule has 1 amide bonds. The van der Waals surface area contributed by atoms with E-state index in [1.807, 2.05) is 11.0 Å². The van der Waals surface area contributed by atoms with Crippen LogP contribution in [-0.2, 0) is 11.2 Å². The van der Waals surface area contributed by atoms with Crippen molar-refractivity contribution in [2.75, 3.05) is 18.8 Å². The number of amides is 1. The summed E-state index contributed by atoms with van der Waals surface area (Å²) in [4.78, 5) is 15.0. The molecule has 1 aromatic carbocycles. The standard InChI is InChI=1S/C17H24N2OS/c1-17(2)11-19(9-7-14(17)18)16(20)15-13-6-4-3-5-12(13)8-10-21-15/h3-6,14-15H,7-11,18H2,1-2H3. The zero-order valence-electron chi connectivity index (χ0n) is 12.8. The van der Waals surface area contributed by atoms with Crippen molar-refractivity contribution in [3.05, 3.63) is 35.4 Å². The molecule has 1 fully saturated rings. The Morgan fingerprint density at radius 2 is 2.14 bits per heavy atom. The molecular weight excluding hydrogens is 280 g/mol. The van der Waals surface area contributed by atoms with Crippen LogP contribution in [0.2, 0.25) is 0 Å². The average Bonchev–Trinajstić information content (AvgIpc) is 2.48. The lowest BCUT2D eigenvalue weighted by Gasteiger charge is -2.44. The Morgan fingerprint density at radius 1 is 1.38 bits per heavy atom. The first-order chi connectivity index (χ1) is 9.99. The fraction of sp³-hybridized carbons (Fsp3) is 0.588. The number of benzene rings is 1. The number of thioether (sulfide) groups is 1. The van der Waals surface area contributed by atoms with Crippen LogP contribution in [0, 0.1) is 5.41 Å². The summed E-state index contributed by atoms with van der Waals surface area (Å²) in [6, 6.07) is 8.57. The molecule has 2 atom stereocenters. The van der Waals surface area contributed by atoms with E-state index < -0.39 is 0 Å². The summed E-state index contributed by atoms with van der Waals surface area (Å²) < 4.78 is 0. The van der Waals surface area contributed by atoms with Crippen LogP contribution in [0.15, 0.2) is 24.3 Å². The number of piperidine rings is 1. The minimum atomic E-state index is -0.0277. The van der Waals surface area contributed by atoms with Crippen LogP contribution < -0.4 is 5.73 Å². The lowest BCUT2D eigenvalue weighted by molar-refractivity contribution is -0.134. The monoisotopic (exact) mass is 304 g/mol. The number of hydrogen-bond donors (Lipinski definition) is 1. The van der Waals surface area contributed by atoms with Crippen molar-refractivity contribution in [1.82, 2.24) is 4.90 Å². The van der Waals surface area contributed by atoms with Crippen LogP contribution in [0.1, 0.15) is 36.6 Å². The number of nitrogens with zero attached hydrogens (tertiary/aromatic N) is 1. The van der Waals surface area contributed by atoms with Crippen molar-refractivity contribution in [2.24, 2.45) is 11.1 Å². The van der Waals surface area contributed by atoms with Crippen molar-refractivity contribution in [3.63, 3.8) is 0 Å². The van der Waals surface area contributed by atoms with Crippen molar-refractivity contribution in [1.29, 1.82) is 0 Å². The van der Waals surface area contributed by atoms with Gasteiger partial charge < -0.3 is 10.6 Å². The molecule has 3 nitrogen and oxygen atoms in total. The van der Waals surface area contributed by atoms with E-state index in [0.717, 1.165) is 31.7 Å². The summed E-state index contributed by atoms with van der Waals surface area (Å²) in [5.41, 5.74) is 8.74. The molecule has 0 saturated carbocycles. The van der Waals surface area contributed by atoms with E-state index in [4.69, 9.17) is 5.73 Å². The fourth-order valence-electron chi connectivity index (χ4n) is 3.33. The van der Waals surface area contributed by atoms with Crippen LogP contribution >= 0.6 is 11.8 Å². The van der Waals surface area contributed by atoms with E-state index in [1.165, 1.54) is 11.1 Å². The van der Waals surface area contributed by atoms with Crippen molar-refractivity contribution in [2.45, 2.75) is 38.0 Å². The quantitative estimate of drug-likeness (QED) is 0.867. The summed E-state index contributed by atoms with van der Waals surface area (Å²) in [6.07, 6.45) is 1.97. The van der Waals surface area contributed by atoms with Crippen LogP contribution in [-0.4, -0.2) is 35.7 Å². The number of likely N-dealkylation sites (tertiary alicyclic amines) is 1. The molecule has 0 aliphatic carbocycles. The molecule has 1 saturated heterocycles. The second-order valence-corrected chi connectivity index (χ2v) is 8.06. The van der Waals surface area contributed by atoms with Gasteiger partial charge in [0.15, 0.2) is 0 Å². The maximum atomic E-state index is 13.0. The summed E-state index contributed by atoms with van der Waals surface area (Å²) in [7, 11) is 0. The maximum Gasteiger partial charge on any atom is 0.240 e. The molecule has 0 radical (unpaired) electrons. The van der Waals surface area contributed by atoms with Gasteiger partial charge in [0.25, 0.3) is 0 Å². The number of fused-ring (bicyclic) bond motifs is 1. The predicted octanol–water partition coefficient (Wildman–Crippen LogP) is 2.60. The van der Waals surface area contributed by atoms with Gasteiger partial charge >= 0.3 is 0 Å². The van der Waals surface area contributed by atoms with Gasteiger partial charge in [0.1, 0.15) is 5.25 Å². The molecule has 2 unspecified atom stereocenters. The van der Waals surface area contributed by atoms with Gasteiger partial charge in [-0.1, -0.05) is 38.1 Å². The Morgan fingerprint density at radius 3 is 2.90 bits per heavy atom. The van der Waals surface area contributed by atoms with E-state index >= 15 is 0 Å². The Kier molecular flexibility index (Phi) is 4.02. The normalized spacial score (nSPS) is 28.0. The van der Waals surface area contributed by atoms with E-state index in [9.17, 15) is 4.79 Å². The second-order valence-electron chi connectivity index (χ2n) is 6.84. The van der Waals surface area contributed by atoms with Crippen molar-refractivity contribution >= 4 is 17.7 Å². The van der Waals surface area contributed by atoms with E-state index in [2.05, 4.69) is 32.0 Å². The molecule has 1 aromatic rings. The highest BCUT2D eigenvalue weighted by Crippen LogP contribution is 2.39. The molecule has 4 heteroatoms. The largest absolute Gasteiger partial charge is 0.341 e. The minimum absolute atomic E-state index is 0.00671. The summed E-state index contributed by atoms with van der Waals surface area (Å²) in [5.74, 6) is 1.30. The third kappa shape index (κ3) is 2.84. The fourth-order valence-corrected chi connectivity index (χ4v) is 4.60. The number of carbonyl (C=O) groups excluding carboxylic acids is 1. The second kappa shape index (κ2) is 5.65. The lowest BCUT2D eigenvalue weighted by atomic mass is 9.79. The zero-order valence-corrected chi connectivity index (χ0v) is 13.7. The maximum absolute atomic E-state index is 13.0. The van der Waals surface area contributed by atoms with Crippen LogP contribution in [0.25, 0.3) is 0 Å². The number of carbonyl (C=O) groups is 1. The molecule has 114 valence electrons. The summed E-state index contributed by atoms with van der Waals surface area (Å²) >= 11 is 1.79. The van der Waals surface area contributed by atoms with E-state index in [-0.39, 0.29) is 22.6 Å². The topological polar surface area (TPSA) is 46.3 Å². The lowest BCUT2D eigenvalue weighted by Crippen LogP contribution is -2.54. The van der Waals surface area contributed by atoms with E-state index in [0.29, 0.717) is 0 Å². The van der Waals surface area contributed by atoms with Crippen molar-refractivity contribution < 1.29 is 4.79 Å². The van der Waals surface area contributed by atoms with Gasteiger partial charge in [0, 0.05) is 19.1 Å². The molecule has 2 aliphatic heterocycles. The Hall–Kier alpha value is -1.00. The highest BCUT2D eigenvalue weighted by molar-refractivity contribution is 8.00. The first-order valence-electron chi connectivity index (χ1n) is 7.73. The third-order valence-electron chi connectivity index (χ3n) is 4.84. The van der Waals surface area contributed by atoms with Crippen LogP contribution in [0.5, 0.6) is 0 Å². The number of rotatable bonds is 1. The summed E-state index contributed by atoms with van der Waals surface area (Å²) in [5, 5.41) is -0.0277. The Balaban J connectivity index is 1.81. The Bertz CT molecular complexity index is 543. The number of nitrogens with two attached hydrogens (primary N) is 1. The number of aryl methyl sites for hydroxylation is 1. The highest BCUT2D eigenvalue weighted by Gasteiger charge is 2.38. The Labute approximate surface area is 131 Å². The minimum Gasteiger partial charge on any atom is -0.341 e. The average molecular weight is 304 g/mol. The highest BCUT2D eigenvalue weighted by atomic mass is 32.2. The van der Waals surface area contributed by atoms with Gasteiger partial charge in [-0.25, -0.2) is 0 Å². The van der Waals surface area contributed by atoms with Gasteiger partial charge in [0.05, 0.1) is 0 Å². The van der Waals surface area contributed by atoms with Crippen LogP contribution in [0.4, 0.5) is 0 Å². The van der Waals surface area contributed by atoms with E-state index in [1.54, 1.807) is 11.8 Å². The first-order valence-corrected chi connectivity index (χ1v) is 8.78. The SMILES string of the molecule is CC1(C)CN(C(=O)C2SCCc3ccccc32)CCC1N. The smallest absolute Gasteiger partial charge is 0.240 e. The number of hydrogen-bond acceptors (Lipinski definition) is 3. The molecule has 3 rings (SSSR count). The van der Waals surface area contributed by atoms with Gasteiger partial charge in [-0.2, -0.15) is 0 Å². The van der Waals surface area contributed by atoms with Gasteiger partial charge in [0.2, 0.25) is 5.91 Å².